The lowest BCUT2D eigenvalue weighted by atomic mass is 9.64. The molecule has 1 saturated carbocycles. The van der Waals surface area contributed by atoms with E-state index in [0.29, 0.717) is 55.2 Å². The number of nitrogens with one attached hydrogen (secondary N) is 4. The van der Waals surface area contributed by atoms with Crippen molar-refractivity contribution in [3.05, 3.63) is 75.6 Å². The van der Waals surface area contributed by atoms with E-state index in [1.807, 2.05) is 50.2 Å². The predicted octanol–water partition coefficient (Wildman–Crippen LogP) is 3.04. The van der Waals surface area contributed by atoms with E-state index in [-0.39, 0.29) is 47.8 Å². The Kier molecular flexibility index (Phi) is 9.09. The molecule has 0 unspecified atom stereocenters. The Labute approximate surface area is 281 Å². The van der Waals surface area contributed by atoms with Gasteiger partial charge in [-0.25, -0.2) is 5.10 Å². The molecule has 2 aliphatic carbocycles. The summed E-state index contributed by atoms with van der Waals surface area (Å²) in [5, 5.41) is 34.9. The number of nitrogens with zero attached hydrogens (tertiary/aromatic N) is 5. The number of amides is 3. The van der Waals surface area contributed by atoms with E-state index in [9.17, 15) is 19.6 Å². The average Bonchev–Trinajstić information content (AvgIpc) is 3.44. The first-order valence-electron chi connectivity index (χ1n) is 17.0. The van der Waals surface area contributed by atoms with E-state index in [1.54, 1.807) is 4.90 Å². The number of carbonyl (C=O) groups excluding carboxylic acids is 3. The molecule has 3 aliphatic rings. The fourth-order valence-corrected chi connectivity index (χ4v) is 7.79. The van der Waals surface area contributed by atoms with Gasteiger partial charge in [-0.2, -0.15) is 5.26 Å². The van der Waals surface area contributed by atoms with Crippen LogP contribution in [0.15, 0.2) is 36.4 Å². The van der Waals surface area contributed by atoms with Gasteiger partial charge in [-0.05, 0) is 114 Å². The second-order valence-corrected chi connectivity index (χ2v) is 14.4. The standard InChI is InChI=1S/C36H45N9O3/c1-6-38-32(47)23-10-12-27-21(14-23)8-9-22-15-24(33(48)39-7-2)11-13-28(22)36(27,34-41-43-44-42-34)18-30(35(3,4)5)40-20-31(46)45-26(19-37)16-25-17-29(25)45/h10-15,25-26,29-30,40H,6-9,16-18,20H2,1-5H3,(H,38,47)(H,39,48)(H,41,42,43,44)/t25-,26+,29+,30+/m1/s1. The number of hydrogen-bond acceptors (Lipinski definition) is 8. The molecule has 48 heavy (non-hydrogen) atoms. The fourth-order valence-electron chi connectivity index (χ4n) is 7.79. The van der Waals surface area contributed by atoms with Gasteiger partial charge in [0.1, 0.15) is 6.04 Å². The monoisotopic (exact) mass is 651 g/mol. The molecule has 0 spiro atoms. The molecule has 2 heterocycles. The zero-order valence-electron chi connectivity index (χ0n) is 28.4. The number of hydrogen-bond donors (Lipinski definition) is 4. The van der Waals surface area contributed by atoms with Crippen LogP contribution in [-0.4, -0.2) is 81.0 Å². The summed E-state index contributed by atoms with van der Waals surface area (Å²) in [5.74, 6) is 0.630. The molecule has 4 N–H and O–H groups in total. The number of carbonyl (C=O) groups is 3. The Morgan fingerprint density at radius 2 is 1.60 bits per heavy atom. The zero-order chi connectivity index (χ0) is 34.2. The van der Waals surface area contributed by atoms with Gasteiger partial charge in [-0.1, -0.05) is 32.9 Å². The number of nitriles is 1. The lowest BCUT2D eigenvalue weighted by Gasteiger charge is -2.42. The molecule has 0 bridgehead atoms. The molecule has 1 saturated heterocycles. The molecule has 4 atom stereocenters. The van der Waals surface area contributed by atoms with Gasteiger partial charge in [0.15, 0.2) is 5.82 Å². The van der Waals surface area contributed by atoms with Gasteiger partial charge >= 0.3 is 0 Å². The Bertz CT molecular complexity index is 1670. The summed E-state index contributed by atoms with van der Waals surface area (Å²) in [7, 11) is 0. The van der Waals surface area contributed by atoms with Crippen molar-refractivity contribution in [3.8, 4) is 6.07 Å². The third kappa shape index (κ3) is 6.07. The molecule has 2 aromatic carbocycles. The summed E-state index contributed by atoms with van der Waals surface area (Å²) in [5.41, 5.74) is 3.80. The van der Waals surface area contributed by atoms with E-state index in [2.05, 4.69) is 63.4 Å². The van der Waals surface area contributed by atoms with Crippen LogP contribution in [0.5, 0.6) is 0 Å². The van der Waals surface area contributed by atoms with Crippen LogP contribution in [0.1, 0.15) is 103 Å². The number of fused-ring (bicyclic) bond motifs is 3. The van der Waals surface area contributed by atoms with Crippen LogP contribution >= 0.6 is 0 Å². The summed E-state index contributed by atoms with van der Waals surface area (Å²) in [6.07, 6.45) is 3.46. The van der Waals surface area contributed by atoms with Gasteiger partial charge in [-0.15, -0.1) is 5.10 Å². The Morgan fingerprint density at radius 3 is 2.10 bits per heavy atom. The highest BCUT2D eigenvalue weighted by Gasteiger charge is 2.54. The van der Waals surface area contributed by atoms with E-state index in [4.69, 9.17) is 0 Å². The minimum absolute atomic E-state index is 0.0593. The molecular weight excluding hydrogens is 606 g/mol. The summed E-state index contributed by atoms with van der Waals surface area (Å²) >= 11 is 0. The van der Waals surface area contributed by atoms with Gasteiger partial charge in [0.25, 0.3) is 11.8 Å². The van der Waals surface area contributed by atoms with Crippen molar-refractivity contribution in [3.63, 3.8) is 0 Å². The highest BCUT2D eigenvalue weighted by Crippen LogP contribution is 2.49. The van der Waals surface area contributed by atoms with Gasteiger partial charge in [0.05, 0.1) is 18.0 Å². The molecule has 3 aromatic rings. The van der Waals surface area contributed by atoms with Gasteiger partial charge in [-0.3, -0.25) is 14.4 Å². The second kappa shape index (κ2) is 13.1. The predicted molar refractivity (Wildman–Crippen MR) is 179 cm³/mol. The first-order chi connectivity index (χ1) is 23.0. The molecule has 1 aliphatic heterocycles. The summed E-state index contributed by atoms with van der Waals surface area (Å²) in [6.45, 7) is 11.3. The quantitative estimate of drug-likeness (QED) is 0.259. The molecule has 12 heteroatoms. The number of aryl methyl sites for hydroxylation is 2. The molecule has 12 nitrogen and oxygen atoms in total. The minimum Gasteiger partial charge on any atom is -0.352 e. The van der Waals surface area contributed by atoms with Crippen LogP contribution in [0, 0.1) is 22.7 Å². The molecule has 3 amide bonds. The van der Waals surface area contributed by atoms with E-state index in [1.165, 1.54) is 0 Å². The molecule has 0 radical (unpaired) electrons. The lowest BCUT2D eigenvalue weighted by Crippen LogP contribution is -2.51. The summed E-state index contributed by atoms with van der Waals surface area (Å²) < 4.78 is 0. The van der Waals surface area contributed by atoms with Crippen molar-refractivity contribution in [1.29, 1.82) is 5.26 Å². The molecular formula is C36H45N9O3. The highest BCUT2D eigenvalue weighted by molar-refractivity contribution is 5.95. The third-order valence-corrected chi connectivity index (χ3v) is 10.3. The van der Waals surface area contributed by atoms with Gasteiger partial charge in [0.2, 0.25) is 5.91 Å². The fraction of sp³-hybridized carbons (Fsp3) is 0.528. The van der Waals surface area contributed by atoms with Crippen molar-refractivity contribution in [2.45, 2.75) is 90.3 Å². The van der Waals surface area contributed by atoms with Crippen LogP contribution < -0.4 is 16.0 Å². The zero-order valence-corrected chi connectivity index (χ0v) is 28.4. The number of rotatable bonds is 10. The average molecular weight is 652 g/mol. The lowest BCUT2D eigenvalue weighted by molar-refractivity contribution is -0.131. The third-order valence-electron chi connectivity index (χ3n) is 10.3. The van der Waals surface area contributed by atoms with Crippen LogP contribution in [0.2, 0.25) is 0 Å². The number of benzene rings is 2. The minimum atomic E-state index is -0.928. The van der Waals surface area contributed by atoms with E-state index in [0.717, 1.165) is 35.1 Å². The number of H-pyrrole nitrogens is 1. The Hall–Kier alpha value is -4.63. The van der Waals surface area contributed by atoms with Crippen molar-refractivity contribution in [2.24, 2.45) is 11.3 Å². The second-order valence-electron chi connectivity index (χ2n) is 14.4. The van der Waals surface area contributed by atoms with Crippen molar-refractivity contribution >= 4 is 17.7 Å². The van der Waals surface area contributed by atoms with Gasteiger partial charge < -0.3 is 20.9 Å². The smallest absolute Gasteiger partial charge is 0.251 e. The molecule has 1 aromatic heterocycles. The van der Waals surface area contributed by atoms with Crippen molar-refractivity contribution in [2.75, 3.05) is 19.6 Å². The number of aromatic nitrogens is 4. The molecule has 6 rings (SSSR count). The summed E-state index contributed by atoms with van der Waals surface area (Å²) in [6, 6.07) is 13.5. The van der Waals surface area contributed by atoms with Crippen molar-refractivity contribution < 1.29 is 14.4 Å². The van der Waals surface area contributed by atoms with E-state index >= 15 is 0 Å². The largest absolute Gasteiger partial charge is 0.352 e. The van der Waals surface area contributed by atoms with Crippen molar-refractivity contribution in [1.82, 2.24) is 41.5 Å². The summed E-state index contributed by atoms with van der Waals surface area (Å²) in [4.78, 5) is 41.4. The first kappa shape index (κ1) is 33.3. The highest BCUT2D eigenvalue weighted by atomic mass is 16.2. The maximum absolute atomic E-state index is 13.6. The number of likely N-dealkylation sites (tertiary alicyclic amines) is 1. The maximum Gasteiger partial charge on any atom is 0.251 e. The number of aromatic amines is 1. The topological polar surface area (TPSA) is 169 Å². The Morgan fingerprint density at radius 1 is 1.00 bits per heavy atom. The maximum atomic E-state index is 13.6. The van der Waals surface area contributed by atoms with Crippen LogP contribution in [0.3, 0.4) is 0 Å². The molecule has 2 fully saturated rings. The number of tetrazole rings is 1. The van der Waals surface area contributed by atoms with Gasteiger partial charge in [0, 0.05) is 36.3 Å². The molecule has 252 valence electrons. The van der Waals surface area contributed by atoms with E-state index < -0.39 is 5.41 Å². The van der Waals surface area contributed by atoms with Crippen LogP contribution in [-0.2, 0) is 23.1 Å². The number of piperidine rings is 1. The normalized spacial score (nSPS) is 21.2. The van der Waals surface area contributed by atoms with Crippen LogP contribution in [0.25, 0.3) is 0 Å². The SMILES string of the molecule is CCNC(=O)c1ccc2c(c1)CCc1cc(C(=O)NCC)ccc1C2(C[C@H](NCC(=O)N1[C@H](C#N)C[C@@H]2C[C@@H]21)C(C)(C)C)c1nnn[nH]1. The van der Waals surface area contributed by atoms with Crippen LogP contribution in [0.4, 0.5) is 0 Å². The first-order valence-corrected chi connectivity index (χ1v) is 17.0. The Balaban J connectivity index is 1.47.